The number of rotatable bonds is 7. The summed E-state index contributed by atoms with van der Waals surface area (Å²) in [5, 5.41) is 6.39. The van der Waals surface area contributed by atoms with E-state index in [0.717, 1.165) is 50.3 Å². The van der Waals surface area contributed by atoms with Gasteiger partial charge in [-0.2, -0.15) is 4.98 Å². The summed E-state index contributed by atoms with van der Waals surface area (Å²) < 4.78 is 19.4. The first-order valence-corrected chi connectivity index (χ1v) is 9.57. The number of hydrogen-bond donors (Lipinski definition) is 2. The summed E-state index contributed by atoms with van der Waals surface area (Å²) >= 11 is 9.25. The highest BCUT2D eigenvalue weighted by molar-refractivity contribution is 9.10. The van der Waals surface area contributed by atoms with Gasteiger partial charge in [0.2, 0.25) is 5.95 Å². The SMILES string of the molecule is Fc1ccc(Nc2ncc(Br)c(NCCCN3CCOCC3)n2)cc1Cl. The number of ether oxygens (including phenoxy) is 1. The molecule has 0 spiro atoms. The molecule has 0 unspecified atom stereocenters. The van der Waals surface area contributed by atoms with Gasteiger partial charge in [-0.3, -0.25) is 4.90 Å². The smallest absolute Gasteiger partial charge is 0.229 e. The number of aromatic nitrogens is 2. The summed E-state index contributed by atoms with van der Waals surface area (Å²) in [4.78, 5) is 11.1. The molecule has 0 atom stereocenters. The molecule has 1 aromatic heterocycles. The normalized spacial score (nSPS) is 15.0. The van der Waals surface area contributed by atoms with E-state index in [4.69, 9.17) is 16.3 Å². The first kappa shape index (κ1) is 19.3. The Hall–Kier alpha value is -1.48. The number of benzene rings is 1. The van der Waals surface area contributed by atoms with Crippen molar-refractivity contribution in [3.8, 4) is 0 Å². The van der Waals surface area contributed by atoms with E-state index in [-0.39, 0.29) is 5.02 Å². The zero-order chi connectivity index (χ0) is 18.4. The minimum Gasteiger partial charge on any atom is -0.379 e. The van der Waals surface area contributed by atoms with Crippen LogP contribution in [0.5, 0.6) is 0 Å². The van der Waals surface area contributed by atoms with Crippen molar-refractivity contribution < 1.29 is 9.13 Å². The van der Waals surface area contributed by atoms with E-state index >= 15 is 0 Å². The van der Waals surface area contributed by atoms with E-state index in [9.17, 15) is 4.39 Å². The van der Waals surface area contributed by atoms with Crippen molar-refractivity contribution in [2.45, 2.75) is 6.42 Å². The Labute approximate surface area is 165 Å². The lowest BCUT2D eigenvalue weighted by molar-refractivity contribution is 0.0378. The number of anilines is 3. The highest BCUT2D eigenvalue weighted by atomic mass is 79.9. The summed E-state index contributed by atoms with van der Waals surface area (Å²) in [6.45, 7) is 5.44. The van der Waals surface area contributed by atoms with Crippen LogP contribution in [0.25, 0.3) is 0 Å². The molecular formula is C17H20BrClFN5O. The van der Waals surface area contributed by atoms with E-state index in [1.54, 1.807) is 12.3 Å². The molecule has 0 radical (unpaired) electrons. The lowest BCUT2D eigenvalue weighted by atomic mass is 10.3. The van der Waals surface area contributed by atoms with Crippen LogP contribution in [0.4, 0.5) is 21.8 Å². The van der Waals surface area contributed by atoms with Crippen molar-refractivity contribution in [2.24, 2.45) is 0 Å². The van der Waals surface area contributed by atoms with E-state index < -0.39 is 5.82 Å². The third-order valence-electron chi connectivity index (χ3n) is 3.97. The van der Waals surface area contributed by atoms with Gasteiger partial charge < -0.3 is 15.4 Å². The molecule has 1 saturated heterocycles. The first-order chi connectivity index (χ1) is 12.6. The average Bonchev–Trinajstić information content (AvgIpc) is 2.65. The molecule has 140 valence electrons. The van der Waals surface area contributed by atoms with Gasteiger partial charge in [0.15, 0.2) is 0 Å². The third kappa shape index (κ3) is 5.51. The predicted octanol–water partition coefficient (Wildman–Crippen LogP) is 3.91. The fourth-order valence-electron chi connectivity index (χ4n) is 2.59. The van der Waals surface area contributed by atoms with Crippen molar-refractivity contribution in [1.29, 1.82) is 0 Å². The molecule has 3 rings (SSSR count). The van der Waals surface area contributed by atoms with Crippen LogP contribution in [-0.4, -0.2) is 54.3 Å². The Morgan fingerprint density at radius 3 is 2.88 bits per heavy atom. The zero-order valence-electron chi connectivity index (χ0n) is 14.1. The molecule has 0 bridgehead atoms. The Bertz CT molecular complexity index is 745. The molecule has 1 aliphatic rings. The highest BCUT2D eigenvalue weighted by Crippen LogP contribution is 2.24. The fraction of sp³-hybridized carbons (Fsp3) is 0.412. The molecule has 0 saturated carbocycles. The van der Waals surface area contributed by atoms with Crippen LogP contribution in [0.3, 0.4) is 0 Å². The molecule has 2 N–H and O–H groups in total. The van der Waals surface area contributed by atoms with Crippen LogP contribution in [-0.2, 0) is 4.74 Å². The number of nitrogens with one attached hydrogen (secondary N) is 2. The van der Waals surface area contributed by atoms with Gasteiger partial charge >= 0.3 is 0 Å². The van der Waals surface area contributed by atoms with Crippen molar-refractivity contribution >= 4 is 45.0 Å². The standard InChI is InChI=1S/C17H20BrClFN5O/c18-13-11-22-17(23-12-2-3-15(20)14(19)10-12)24-16(13)21-4-1-5-25-6-8-26-9-7-25/h2-3,10-11H,1,4-9H2,(H2,21,22,23,24). The lowest BCUT2D eigenvalue weighted by Crippen LogP contribution is -2.37. The predicted molar refractivity (Wildman–Crippen MR) is 105 cm³/mol. The van der Waals surface area contributed by atoms with Crippen LogP contribution < -0.4 is 10.6 Å². The van der Waals surface area contributed by atoms with Crippen molar-refractivity contribution in [1.82, 2.24) is 14.9 Å². The van der Waals surface area contributed by atoms with Gasteiger partial charge in [0.1, 0.15) is 11.6 Å². The van der Waals surface area contributed by atoms with Crippen LogP contribution in [0.1, 0.15) is 6.42 Å². The molecule has 1 aliphatic heterocycles. The number of hydrogen-bond acceptors (Lipinski definition) is 6. The van der Waals surface area contributed by atoms with Crippen LogP contribution >= 0.6 is 27.5 Å². The number of nitrogens with zero attached hydrogens (tertiary/aromatic N) is 3. The maximum Gasteiger partial charge on any atom is 0.229 e. The van der Waals surface area contributed by atoms with Gasteiger partial charge in [-0.15, -0.1) is 0 Å². The summed E-state index contributed by atoms with van der Waals surface area (Å²) in [6, 6.07) is 4.38. The van der Waals surface area contributed by atoms with Gasteiger partial charge in [-0.1, -0.05) is 11.6 Å². The second-order valence-electron chi connectivity index (χ2n) is 5.88. The summed E-state index contributed by atoms with van der Waals surface area (Å²) in [6.07, 6.45) is 2.68. The highest BCUT2D eigenvalue weighted by Gasteiger charge is 2.10. The molecule has 1 fully saturated rings. The van der Waals surface area contributed by atoms with E-state index in [2.05, 4.69) is 41.4 Å². The van der Waals surface area contributed by atoms with E-state index in [1.807, 2.05) is 0 Å². The van der Waals surface area contributed by atoms with E-state index in [1.165, 1.54) is 12.1 Å². The molecule has 0 amide bonds. The molecule has 0 aliphatic carbocycles. The molecule has 26 heavy (non-hydrogen) atoms. The average molecular weight is 445 g/mol. The van der Waals surface area contributed by atoms with Gasteiger partial charge in [0.05, 0.1) is 22.7 Å². The molecule has 9 heteroatoms. The maximum atomic E-state index is 13.2. The van der Waals surface area contributed by atoms with E-state index in [0.29, 0.717) is 17.5 Å². The van der Waals surface area contributed by atoms with Gasteiger partial charge in [0.25, 0.3) is 0 Å². The van der Waals surface area contributed by atoms with Crippen molar-refractivity contribution in [2.75, 3.05) is 50.0 Å². The topological polar surface area (TPSA) is 62.3 Å². The largest absolute Gasteiger partial charge is 0.379 e. The third-order valence-corrected chi connectivity index (χ3v) is 4.84. The summed E-state index contributed by atoms with van der Waals surface area (Å²) in [7, 11) is 0. The summed E-state index contributed by atoms with van der Waals surface area (Å²) in [5.74, 6) is 0.654. The Morgan fingerprint density at radius 2 is 2.12 bits per heavy atom. The lowest BCUT2D eigenvalue weighted by Gasteiger charge is -2.26. The Morgan fingerprint density at radius 1 is 1.31 bits per heavy atom. The van der Waals surface area contributed by atoms with Crippen molar-refractivity contribution in [3.63, 3.8) is 0 Å². The monoisotopic (exact) mass is 443 g/mol. The second kappa shape index (κ2) is 9.45. The van der Waals surface area contributed by atoms with Gasteiger partial charge in [0, 0.05) is 31.5 Å². The molecule has 2 aromatic rings. The van der Waals surface area contributed by atoms with Crippen molar-refractivity contribution in [3.05, 3.63) is 39.7 Å². The molecular weight excluding hydrogens is 425 g/mol. The molecule has 2 heterocycles. The maximum absolute atomic E-state index is 13.2. The van der Waals surface area contributed by atoms with Gasteiger partial charge in [-0.05, 0) is 47.1 Å². The quantitative estimate of drug-likeness (QED) is 0.632. The summed E-state index contributed by atoms with van der Waals surface area (Å²) in [5.41, 5.74) is 0.622. The van der Waals surface area contributed by atoms with Crippen LogP contribution in [0.2, 0.25) is 5.02 Å². The molecule has 6 nitrogen and oxygen atoms in total. The second-order valence-corrected chi connectivity index (χ2v) is 7.14. The van der Waals surface area contributed by atoms with Crippen LogP contribution in [0, 0.1) is 5.82 Å². The Balaban J connectivity index is 1.54. The number of halogens is 3. The van der Waals surface area contributed by atoms with Crippen LogP contribution in [0.15, 0.2) is 28.9 Å². The zero-order valence-corrected chi connectivity index (χ0v) is 16.5. The minimum atomic E-state index is -0.462. The molecule has 1 aromatic carbocycles. The minimum absolute atomic E-state index is 0.0496. The van der Waals surface area contributed by atoms with Gasteiger partial charge in [-0.25, -0.2) is 9.37 Å². The fourth-order valence-corrected chi connectivity index (χ4v) is 3.10. The first-order valence-electron chi connectivity index (χ1n) is 8.40. The Kier molecular flexibility index (Phi) is 7.01. The number of morpholine rings is 1.